The second-order valence-corrected chi connectivity index (χ2v) is 4.28. The molecule has 1 N–H and O–H groups in total. The van der Waals surface area contributed by atoms with Crippen LogP contribution in [0.5, 0.6) is 0 Å². The zero-order valence-corrected chi connectivity index (χ0v) is 10.5. The summed E-state index contributed by atoms with van der Waals surface area (Å²) in [6, 6.07) is 6.24. The Hall–Kier alpha value is -0.760. The van der Waals surface area contributed by atoms with Gasteiger partial charge in [-0.2, -0.15) is 0 Å². The third-order valence-electron chi connectivity index (χ3n) is 1.85. The van der Waals surface area contributed by atoms with Crippen LogP contribution >= 0.6 is 15.9 Å². The van der Waals surface area contributed by atoms with Crippen LogP contribution in [0.4, 0.5) is 0 Å². The summed E-state index contributed by atoms with van der Waals surface area (Å²) >= 11 is 3.44. The van der Waals surface area contributed by atoms with E-state index in [1.54, 1.807) is 0 Å². The molecular formula is C12H16BrN. The first-order chi connectivity index (χ1) is 6.69. The van der Waals surface area contributed by atoms with Crippen LogP contribution in [-0.2, 0) is 0 Å². The zero-order valence-electron chi connectivity index (χ0n) is 8.89. The first-order valence-corrected chi connectivity index (χ1v) is 5.71. The van der Waals surface area contributed by atoms with E-state index in [-0.39, 0.29) is 0 Å². The van der Waals surface area contributed by atoms with Gasteiger partial charge in [0.15, 0.2) is 0 Å². The highest BCUT2D eigenvalue weighted by Crippen LogP contribution is 2.21. The Kier molecular flexibility index (Phi) is 4.21. The van der Waals surface area contributed by atoms with E-state index in [2.05, 4.69) is 53.8 Å². The maximum atomic E-state index is 3.44. The largest absolute Gasteiger partial charge is 0.361 e. The molecule has 1 aromatic heterocycles. The van der Waals surface area contributed by atoms with Crippen LogP contribution < -0.4 is 0 Å². The molecule has 1 aromatic carbocycles. The molecule has 1 heterocycles. The van der Waals surface area contributed by atoms with Gasteiger partial charge in [-0.1, -0.05) is 36.2 Å². The lowest BCUT2D eigenvalue weighted by molar-refractivity contribution is 1.09. The number of nitrogens with one attached hydrogen (secondary N) is 1. The summed E-state index contributed by atoms with van der Waals surface area (Å²) in [6.45, 7) is 6.35. The minimum atomic E-state index is 1.13. The molecule has 0 unspecified atom stereocenters. The molecule has 0 spiro atoms. The number of hydrogen-bond donors (Lipinski definition) is 1. The fourth-order valence-electron chi connectivity index (χ4n) is 1.23. The van der Waals surface area contributed by atoms with Gasteiger partial charge in [0.2, 0.25) is 0 Å². The summed E-state index contributed by atoms with van der Waals surface area (Å²) in [6.07, 6.45) is 3.27. The molecule has 2 heteroatoms. The van der Waals surface area contributed by atoms with Crippen LogP contribution in [0.3, 0.4) is 0 Å². The summed E-state index contributed by atoms with van der Waals surface area (Å²) in [4.78, 5) is 3.19. The average molecular weight is 254 g/mol. The van der Waals surface area contributed by atoms with Gasteiger partial charge in [-0.3, -0.25) is 0 Å². The van der Waals surface area contributed by atoms with Gasteiger partial charge in [0.25, 0.3) is 0 Å². The minimum absolute atomic E-state index is 1.13. The average Bonchev–Trinajstić information content (AvgIpc) is 2.49. The van der Waals surface area contributed by atoms with Crippen molar-refractivity contribution < 1.29 is 0 Å². The minimum Gasteiger partial charge on any atom is -0.361 e. The van der Waals surface area contributed by atoms with E-state index in [0.717, 1.165) is 4.47 Å². The summed E-state index contributed by atoms with van der Waals surface area (Å²) in [5.74, 6) is 0. The molecule has 2 aromatic rings. The Bertz CT molecular complexity index is 404. The molecule has 1 nitrogen and oxygen atoms in total. The van der Waals surface area contributed by atoms with Crippen molar-refractivity contribution >= 4 is 26.8 Å². The zero-order chi connectivity index (χ0) is 10.6. The molecule has 0 saturated heterocycles. The topological polar surface area (TPSA) is 15.8 Å². The second-order valence-electron chi connectivity index (χ2n) is 3.37. The quantitative estimate of drug-likeness (QED) is 0.704. The maximum absolute atomic E-state index is 3.44. The summed E-state index contributed by atoms with van der Waals surface area (Å²) in [7, 11) is 0. The molecular weight excluding hydrogens is 238 g/mol. The maximum Gasteiger partial charge on any atom is 0.0457 e. The van der Waals surface area contributed by atoms with Gasteiger partial charge in [0.05, 0.1) is 0 Å². The molecule has 0 aliphatic heterocycles. The monoisotopic (exact) mass is 253 g/mol. The third-order valence-corrected chi connectivity index (χ3v) is 2.34. The first-order valence-electron chi connectivity index (χ1n) is 4.92. The fraction of sp³-hybridized carbons (Fsp3) is 0.333. The first kappa shape index (κ1) is 11.3. The number of halogens is 1. The van der Waals surface area contributed by atoms with E-state index in [1.807, 2.05) is 12.3 Å². The predicted octanol–water partition coefficient (Wildman–Crippen LogP) is 4.66. The van der Waals surface area contributed by atoms with Gasteiger partial charge in [-0.05, 0) is 30.7 Å². The summed E-state index contributed by atoms with van der Waals surface area (Å²) in [5.41, 5.74) is 2.49. The lowest BCUT2D eigenvalue weighted by atomic mass is 10.2. The van der Waals surface area contributed by atoms with Gasteiger partial charge in [0, 0.05) is 21.6 Å². The molecule has 0 aliphatic carbocycles. The number of H-pyrrole nitrogens is 1. The van der Waals surface area contributed by atoms with Crippen molar-refractivity contribution in [1.29, 1.82) is 0 Å². The Morgan fingerprint density at radius 3 is 2.57 bits per heavy atom. The van der Waals surface area contributed by atoms with E-state index in [0.29, 0.717) is 0 Å². The second kappa shape index (κ2) is 5.20. The lowest BCUT2D eigenvalue weighted by Gasteiger charge is -1.91. The van der Waals surface area contributed by atoms with E-state index in [4.69, 9.17) is 0 Å². The number of rotatable bonds is 0. The molecule has 0 saturated carbocycles. The van der Waals surface area contributed by atoms with Crippen molar-refractivity contribution in [2.45, 2.75) is 27.2 Å². The molecule has 0 aliphatic rings. The Morgan fingerprint density at radius 1 is 1.29 bits per heavy atom. The molecule has 0 radical (unpaired) electrons. The standard InChI is InChI=1S/C9H8BrN.C3H8/c1-6-5-11-9-3-2-7(10)4-8(6)9;1-3-2/h2-5,11H,1H3;3H2,1-2H3. The van der Waals surface area contributed by atoms with Crippen molar-refractivity contribution in [3.8, 4) is 0 Å². The van der Waals surface area contributed by atoms with E-state index in [9.17, 15) is 0 Å². The highest BCUT2D eigenvalue weighted by atomic mass is 79.9. The third kappa shape index (κ3) is 2.61. The van der Waals surface area contributed by atoms with Gasteiger partial charge in [-0.15, -0.1) is 0 Å². The molecule has 0 atom stereocenters. The number of aromatic amines is 1. The van der Waals surface area contributed by atoms with E-state index in [1.165, 1.54) is 22.9 Å². The van der Waals surface area contributed by atoms with Gasteiger partial charge >= 0.3 is 0 Å². The van der Waals surface area contributed by atoms with Crippen molar-refractivity contribution in [3.05, 3.63) is 34.4 Å². The smallest absolute Gasteiger partial charge is 0.0457 e. The normalized spacial score (nSPS) is 9.71. The van der Waals surface area contributed by atoms with E-state index >= 15 is 0 Å². The van der Waals surface area contributed by atoms with Crippen LogP contribution in [0, 0.1) is 6.92 Å². The van der Waals surface area contributed by atoms with Gasteiger partial charge in [-0.25, -0.2) is 0 Å². The highest BCUT2D eigenvalue weighted by molar-refractivity contribution is 9.10. The van der Waals surface area contributed by atoms with Crippen LogP contribution in [0.15, 0.2) is 28.9 Å². The van der Waals surface area contributed by atoms with Crippen molar-refractivity contribution in [1.82, 2.24) is 4.98 Å². The molecule has 76 valence electrons. The molecule has 14 heavy (non-hydrogen) atoms. The van der Waals surface area contributed by atoms with Crippen LogP contribution in [0.2, 0.25) is 0 Å². The van der Waals surface area contributed by atoms with E-state index < -0.39 is 0 Å². The van der Waals surface area contributed by atoms with Crippen molar-refractivity contribution in [3.63, 3.8) is 0 Å². The number of aromatic nitrogens is 1. The number of hydrogen-bond acceptors (Lipinski definition) is 0. The van der Waals surface area contributed by atoms with Crippen molar-refractivity contribution in [2.24, 2.45) is 0 Å². The number of aryl methyl sites for hydroxylation is 1. The van der Waals surface area contributed by atoms with Crippen LogP contribution in [0.1, 0.15) is 25.8 Å². The summed E-state index contributed by atoms with van der Waals surface area (Å²) in [5, 5.41) is 1.29. The number of benzene rings is 1. The Balaban J connectivity index is 0.000000293. The Morgan fingerprint density at radius 2 is 1.93 bits per heavy atom. The Labute approximate surface area is 93.7 Å². The van der Waals surface area contributed by atoms with Crippen molar-refractivity contribution in [2.75, 3.05) is 0 Å². The van der Waals surface area contributed by atoms with Crippen LogP contribution in [-0.4, -0.2) is 4.98 Å². The lowest BCUT2D eigenvalue weighted by Crippen LogP contribution is -1.68. The van der Waals surface area contributed by atoms with Gasteiger partial charge < -0.3 is 4.98 Å². The molecule has 0 fully saturated rings. The molecule has 0 bridgehead atoms. The molecule has 2 rings (SSSR count). The predicted molar refractivity (Wildman–Crippen MR) is 66.7 cm³/mol. The van der Waals surface area contributed by atoms with Crippen LogP contribution in [0.25, 0.3) is 10.9 Å². The SMILES string of the molecule is CCC.Cc1c[nH]c2ccc(Br)cc12. The van der Waals surface area contributed by atoms with Gasteiger partial charge in [0.1, 0.15) is 0 Å². The highest BCUT2D eigenvalue weighted by Gasteiger charge is 1.97. The summed E-state index contributed by atoms with van der Waals surface area (Å²) < 4.78 is 1.13. The fourth-order valence-corrected chi connectivity index (χ4v) is 1.59. The number of fused-ring (bicyclic) bond motifs is 1. The molecule has 0 amide bonds.